The number of carbonyl (C=O) groups excluding carboxylic acids is 1. The van der Waals surface area contributed by atoms with Crippen LogP contribution in [0.2, 0.25) is 0 Å². The topological polar surface area (TPSA) is 54.5 Å². The molecule has 1 aliphatic heterocycles. The SMILES string of the molecule is CC(C)(C)S(=O)(=O)[C@H]1CCN(C(=O)CCc2cccc3ccccc23)C1. The van der Waals surface area contributed by atoms with Crippen molar-refractivity contribution in [2.75, 3.05) is 13.1 Å². The molecule has 0 saturated carbocycles. The van der Waals surface area contributed by atoms with Crippen molar-refractivity contribution in [3.8, 4) is 0 Å². The highest BCUT2D eigenvalue weighted by molar-refractivity contribution is 7.93. The van der Waals surface area contributed by atoms with Crippen molar-refractivity contribution < 1.29 is 13.2 Å². The van der Waals surface area contributed by atoms with Gasteiger partial charge in [-0.2, -0.15) is 0 Å². The lowest BCUT2D eigenvalue weighted by molar-refractivity contribution is -0.130. The van der Waals surface area contributed by atoms with Crippen LogP contribution >= 0.6 is 0 Å². The van der Waals surface area contributed by atoms with Crippen molar-refractivity contribution in [1.82, 2.24) is 4.90 Å². The monoisotopic (exact) mass is 373 g/mol. The van der Waals surface area contributed by atoms with Crippen LogP contribution < -0.4 is 0 Å². The Morgan fingerprint density at radius 3 is 2.54 bits per heavy atom. The number of fused-ring (bicyclic) bond motifs is 1. The van der Waals surface area contributed by atoms with Crippen LogP contribution in [-0.2, 0) is 21.1 Å². The molecule has 0 bridgehead atoms. The van der Waals surface area contributed by atoms with E-state index in [1.807, 2.05) is 18.2 Å². The molecule has 0 aliphatic carbocycles. The number of carbonyl (C=O) groups is 1. The molecule has 2 aromatic carbocycles. The number of sulfone groups is 1. The lowest BCUT2D eigenvalue weighted by Gasteiger charge is -2.24. The Labute approximate surface area is 156 Å². The molecule has 5 heteroatoms. The minimum atomic E-state index is -3.23. The van der Waals surface area contributed by atoms with Crippen molar-refractivity contribution in [2.45, 2.75) is 50.0 Å². The second kappa shape index (κ2) is 7.03. The molecule has 0 spiro atoms. The molecule has 140 valence electrons. The third kappa shape index (κ3) is 3.63. The second-order valence-corrected chi connectivity index (χ2v) is 11.0. The minimum absolute atomic E-state index is 0.0459. The molecule has 1 saturated heterocycles. The number of likely N-dealkylation sites (tertiary alicyclic amines) is 1. The summed E-state index contributed by atoms with van der Waals surface area (Å²) < 4.78 is 24.4. The van der Waals surface area contributed by atoms with Gasteiger partial charge >= 0.3 is 0 Å². The van der Waals surface area contributed by atoms with Gasteiger partial charge in [0.1, 0.15) is 0 Å². The van der Waals surface area contributed by atoms with Crippen LogP contribution in [0.4, 0.5) is 0 Å². The van der Waals surface area contributed by atoms with E-state index in [0.29, 0.717) is 32.4 Å². The van der Waals surface area contributed by atoms with Gasteiger partial charge in [-0.15, -0.1) is 0 Å². The number of benzene rings is 2. The number of hydrogen-bond acceptors (Lipinski definition) is 3. The molecule has 0 N–H and O–H groups in total. The van der Waals surface area contributed by atoms with E-state index in [-0.39, 0.29) is 5.91 Å². The predicted molar refractivity (Wildman–Crippen MR) is 106 cm³/mol. The maximum absolute atomic E-state index is 12.6. The first-order valence-electron chi connectivity index (χ1n) is 9.18. The van der Waals surface area contributed by atoms with Crippen LogP contribution in [0.1, 0.15) is 39.2 Å². The minimum Gasteiger partial charge on any atom is -0.341 e. The van der Waals surface area contributed by atoms with E-state index in [0.717, 1.165) is 5.56 Å². The summed E-state index contributed by atoms with van der Waals surface area (Å²) in [5.41, 5.74) is 1.16. The fourth-order valence-electron chi connectivity index (χ4n) is 3.62. The molecular formula is C21H27NO3S. The fourth-order valence-corrected chi connectivity index (χ4v) is 5.41. The number of amides is 1. The highest BCUT2D eigenvalue weighted by Gasteiger charge is 2.41. The molecule has 0 aromatic heterocycles. The predicted octanol–water partition coefficient (Wildman–Crippen LogP) is 3.59. The van der Waals surface area contributed by atoms with Crippen LogP contribution in [-0.4, -0.2) is 42.3 Å². The number of rotatable bonds is 4. The van der Waals surface area contributed by atoms with Crippen molar-refractivity contribution in [1.29, 1.82) is 0 Å². The van der Waals surface area contributed by atoms with Crippen LogP contribution in [0.25, 0.3) is 10.8 Å². The molecule has 1 fully saturated rings. The summed E-state index contributed by atoms with van der Waals surface area (Å²) in [6.07, 6.45) is 1.63. The van der Waals surface area contributed by atoms with Crippen molar-refractivity contribution >= 4 is 26.5 Å². The van der Waals surface area contributed by atoms with E-state index >= 15 is 0 Å². The Hall–Kier alpha value is -1.88. The Morgan fingerprint density at radius 2 is 1.81 bits per heavy atom. The van der Waals surface area contributed by atoms with Crippen LogP contribution in [0.15, 0.2) is 42.5 Å². The summed E-state index contributed by atoms with van der Waals surface area (Å²) in [7, 11) is -3.23. The summed E-state index contributed by atoms with van der Waals surface area (Å²) in [6.45, 7) is 6.05. The van der Waals surface area contributed by atoms with Crippen LogP contribution in [0.5, 0.6) is 0 Å². The van der Waals surface area contributed by atoms with E-state index in [4.69, 9.17) is 0 Å². The van der Waals surface area contributed by atoms with Crippen molar-refractivity contribution in [2.24, 2.45) is 0 Å². The lowest BCUT2D eigenvalue weighted by atomic mass is 10.0. The van der Waals surface area contributed by atoms with Crippen LogP contribution in [0, 0.1) is 0 Å². The van der Waals surface area contributed by atoms with Gasteiger partial charge in [0.25, 0.3) is 0 Å². The van der Waals surface area contributed by atoms with Gasteiger partial charge in [0.05, 0.1) is 10.00 Å². The van der Waals surface area contributed by atoms with E-state index in [9.17, 15) is 13.2 Å². The highest BCUT2D eigenvalue weighted by Crippen LogP contribution is 2.28. The van der Waals surface area contributed by atoms with Gasteiger partial charge in [0, 0.05) is 19.5 Å². The van der Waals surface area contributed by atoms with E-state index < -0.39 is 19.8 Å². The van der Waals surface area contributed by atoms with Gasteiger partial charge in [-0.1, -0.05) is 42.5 Å². The Bertz CT molecular complexity index is 907. The largest absolute Gasteiger partial charge is 0.341 e. The third-order valence-corrected chi connectivity index (χ3v) is 8.25. The smallest absolute Gasteiger partial charge is 0.222 e. The number of hydrogen-bond donors (Lipinski definition) is 0. The maximum Gasteiger partial charge on any atom is 0.222 e. The summed E-state index contributed by atoms with van der Waals surface area (Å²) in [5.74, 6) is 0.0459. The molecular weight excluding hydrogens is 346 g/mol. The summed E-state index contributed by atoms with van der Waals surface area (Å²) in [6, 6.07) is 14.3. The van der Waals surface area contributed by atoms with E-state index in [1.54, 1.807) is 25.7 Å². The first kappa shape index (κ1) is 18.9. The van der Waals surface area contributed by atoms with Gasteiger partial charge < -0.3 is 4.90 Å². The average molecular weight is 374 g/mol. The van der Waals surface area contributed by atoms with Gasteiger partial charge in [-0.05, 0) is 49.9 Å². The number of nitrogens with zero attached hydrogens (tertiary/aromatic N) is 1. The van der Waals surface area contributed by atoms with Crippen molar-refractivity contribution in [3.05, 3.63) is 48.0 Å². The molecule has 2 aromatic rings. The molecule has 1 aliphatic rings. The zero-order chi connectivity index (χ0) is 18.9. The van der Waals surface area contributed by atoms with Gasteiger partial charge in [0.2, 0.25) is 5.91 Å². The first-order chi connectivity index (χ1) is 12.2. The lowest BCUT2D eigenvalue weighted by Crippen LogP contribution is -2.39. The zero-order valence-corrected chi connectivity index (χ0v) is 16.6. The standard InChI is InChI=1S/C21H27NO3S/c1-21(2,3)26(24,25)18-13-14-22(15-18)20(23)12-11-17-9-6-8-16-7-4-5-10-19(16)17/h4-10,18H,11-15H2,1-3H3/t18-/m0/s1. The normalized spacial score (nSPS) is 18.4. The van der Waals surface area contributed by atoms with E-state index in [1.165, 1.54) is 10.8 Å². The summed E-state index contributed by atoms with van der Waals surface area (Å²) in [5, 5.41) is 1.91. The fraction of sp³-hybridized carbons (Fsp3) is 0.476. The molecule has 1 heterocycles. The molecule has 1 amide bonds. The number of aryl methyl sites for hydroxylation is 1. The maximum atomic E-state index is 12.6. The Balaban J connectivity index is 1.65. The molecule has 1 atom stereocenters. The van der Waals surface area contributed by atoms with Crippen molar-refractivity contribution in [3.63, 3.8) is 0 Å². The third-order valence-electron chi connectivity index (χ3n) is 5.28. The Kier molecular flexibility index (Phi) is 5.11. The molecule has 0 unspecified atom stereocenters. The second-order valence-electron chi connectivity index (χ2n) is 8.05. The first-order valence-corrected chi connectivity index (χ1v) is 10.7. The molecule has 4 nitrogen and oxygen atoms in total. The summed E-state index contributed by atoms with van der Waals surface area (Å²) in [4.78, 5) is 14.3. The van der Waals surface area contributed by atoms with E-state index in [2.05, 4.69) is 24.3 Å². The van der Waals surface area contributed by atoms with Gasteiger partial charge in [-0.25, -0.2) is 8.42 Å². The zero-order valence-electron chi connectivity index (χ0n) is 15.7. The van der Waals surface area contributed by atoms with Gasteiger partial charge in [-0.3, -0.25) is 4.79 Å². The summed E-state index contributed by atoms with van der Waals surface area (Å²) >= 11 is 0. The van der Waals surface area contributed by atoms with Gasteiger partial charge in [0.15, 0.2) is 9.84 Å². The van der Waals surface area contributed by atoms with Crippen LogP contribution in [0.3, 0.4) is 0 Å². The quantitative estimate of drug-likeness (QED) is 0.823. The highest BCUT2D eigenvalue weighted by atomic mass is 32.2. The molecule has 3 rings (SSSR count). The molecule has 26 heavy (non-hydrogen) atoms. The molecule has 0 radical (unpaired) electrons. The Morgan fingerprint density at radius 1 is 1.12 bits per heavy atom. The average Bonchev–Trinajstić information content (AvgIpc) is 3.09.